The average Bonchev–Trinajstić information content (AvgIpc) is 2.41. The first-order chi connectivity index (χ1) is 9.06. The van der Waals surface area contributed by atoms with Crippen LogP contribution in [0.25, 0.3) is 0 Å². The van der Waals surface area contributed by atoms with Crippen LogP contribution in [0, 0.1) is 5.82 Å². The fourth-order valence-electron chi connectivity index (χ4n) is 2.09. The molecule has 1 aliphatic heterocycles. The van der Waals surface area contributed by atoms with Gasteiger partial charge in [0.15, 0.2) is 0 Å². The number of aliphatic carboxylic acids is 1. The quantitative estimate of drug-likeness (QED) is 0.794. The van der Waals surface area contributed by atoms with Crippen LogP contribution in [0.1, 0.15) is 5.56 Å². The van der Waals surface area contributed by atoms with Crippen molar-refractivity contribution in [2.75, 3.05) is 26.2 Å². The molecule has 1 heterocycles. The summed E-state index contributed by atoms with van der Waals surface area (Å²) in [5, 5.41) is 8.62. The van der Waals surface area contributed by atoms with E-state index in [4.69, 9.17) is 5.11 Å². The van der Waals surface area contributed by atoms with Crippen molar-refractivity contribution in [3.8, 4) is 0 Å². The minimum Gasteiger partial charge on any atom is -0.474 e. The second-order valence-electron chi connectivity index (χ2n) is 4.50. The van der Waals surface area contributed by atoms with E-state index in [1.54, 1.807) is 12.1 Å². The molecular formula is C13H15FN2O3. The molecule has 1 amide bonds. The zero-order valence-corrected chi connectivity index (χ0v) is 10.4. The van der Waals surface area contributed by atoms with Crippen molar-refractivity contribution in [3.63, 3.8) is 0 Å². The molecule has 0 aromatic heterocycles. The molecule has 1 aromatic carbocycles. The molecular weight excluding hydrogens is 251 g/mol. The molecule has 0 spiro atoms. The molecule has 0 unspecified atom stereocenters. The number of benzene rings is 1. The SMILES string of the molecule is O=C(O)C(=O)N1CCN(Cc2ccc(F)cc2)CC1. The highest BCUT2D eigenvalue weighted by Gasteiger charge is 2.25. The summed E-state index contributed by atoms with van der Waals surface area (Å²) in [5.41, 5.74) is 0.999. The van der Waals surface area contributed by atoms with Crippen molar-refractivity contribution in [3.05, 3.63) is 35.6 Å². The summed E-state index contributed by atoms with van der Waals surface area (Å²) >= 11 is 0. The zero-order valence-electron chi connectivity index (χ0n) is 10.4. The largest absolute Gasteiger partial charge is 0.474 e. The Bertz CT molecular complexity index is 467. The van der Waals surface area contributed by atoms with Crippen LogP contribution >= 0.6 is 0 Å². The Kier molecular flexibility index (Phi) is 4.11. The van der Waals surface area contributed by atoms with Crippen molar-refractivity contribution in [2.45, 2.75) is 6.54 Å². The van der Waals surface area contributed by atoms with E-state index in [-0.39, 0.29) is 5.82 Å². The van der Waals surface area contributed by atoms with E-state index in [1.165, 1.54) is 17.0 Å². The van der Waals surface area contributed by atoms with Crippen LogP contribution in [0.5, 0.6) is 0 Å². The summed E-state index contributed by atoms with van der Waals surface area (Å²) in [5.74, 6) is -2.52. The third-order valence-corrected chi connectivity index (χ3v) is 3.16. The number of carbonyl (C=O) groups excluding carboxylic acids is 1. The van der Waals surface area contributed by atoms with E-state index in [2.05, 4.69) is 4.90 Å². The van der Waals surface area contributed by atoms with Crippen LogP contribution in [0.4, 0.5) is 4.39 Å². The third kappa shape index (κ3) is 3.51. The predicted molar refractivity (Wildman–Crippen MR) is 65.9 cm³/mol. The summed E-state index contributed by atoms with van der Waals surface area (Å²) < 4.78 is 12.8. The highest BCUT2D eigenvalue weighted by molar-refractivity contribution is 6.31. The van der Waals surface area contributed by atoms with Gasteiger partial charge in [-0.05, 0) is 17.7 Å². The smallest absolute Gasteiger partial charge is 0.394 e. The van der Waals surface area contributed by atoms with E-state index in [9.17, 15) is 14.0 Å². The maximum Gasteiger partial charge on any atom is 0.394 e. The molecule has 0 bridgehead atoms. The zero-order chi connectivity index (χ0) is 13.8. The molecule has 19 heavy (non-hydrogen) atoms. The van der Waals surface area contributed by atoms with Crippen molar-refractivity contribution < 1.29 is 19.1 Å². The standard InChI is InChI=1S/C13H15FN2O3/c14-11-3-1-10(2-4-11)9-15-5-7-16(8-6-15)12(17)13(18)19/h1-4H,5-9H2,(H,18,19). The first kappa shape index (κ1) is 13.5. The van der Waals surface area contributed by atoms with Crippen LogP contribution < -0.4 is 0 Å². The van der Waals surface area contributed by atoms with Crippen LogP contribution in [0.3, 0.4) is 0 Å². The Labute approximate surface area is 110 Å². The van der Waals surface area contributed by atoms with Crippen molar-refractivity contribution in [2.24, 2.45) is 0 Å². The Hall–Kier alpha value is -1.95. The molecule has 0 atom stereocenters. The van der Waals surface area contributed by atoms with Gasteiger partial charge in [0, 0.05) is 32.7 Å². The van der Waals surface area contributed by atoms with Gasteiger partial charge in [0.05, 0.1) is 0 Å². The van der Waals surface area contributed by atoms with Gasteiger partial charge in [-0.25, -0.2) is 9.18 Å². The van der Waals surface area contributed by atoms with Gasteiger partial charge in [0.1, 0.15) is 5.82 Å². The van der Waals surface area contributed by atoms with Gasteiger partial charge < -0.3 is 10.0 Å². The topological polar surface area (TPSA) is 60.9 Å². The van der Waals surface area contributed by atoms with E-state index in [0.717, 1.165) is 5.56 Å². The van der Waals surface area contributed by atoms with Crippen LogP contribution in [-0.4, -0.2) is 53.0 Å². The summed E-state index contributed by atoms with van der Waals surface area (Å²) in [6, 6.07) is 6.29. The lowest BCUT2D eigenvalue weighted by Crippen LogP contribution is -2.50. The van der Waals surface area contributed by atoms with E-state index >= 15 is 0 Å². The average molecular weight is 266 g/mol. The minimum absolute atomic E-state index is 0.263. The summed E-state index contributed by atoms with van der Waals surface area (Å²) in [7, 11) is 0. The lowest BCUT2D eigenvalue weighted by molar-refractivity contribution is -0.156. The minimum atomic E-state index is -1.41. The molecule has 102 valence electrons. The van der Waals surface area contributed by atoms with Gasteiger partial charge in [-0.2, -0.15) is 0 Å². The van der Waals surface area contributed by atoms with Crippen molar-refractivity contribution in [1.82, 2.24) is 9.80 Å². The van der Waals surface area contributed by atoms with Crippen molar-refractivity contribution in [1.29, 1.82) is 0 Å². The summed E-state index contributed by atoms with van der Waals surface area (Å²) in [6.07, 6.45) is 0. The number of carbonyl (C=O) groups is 2. The van der Waals surface area contributed by atoms with Crippen molar-refractivity contribution >= 4 is 11.9 Å². The van der Waals surface area contributed by atoms with E-state index in [1.807, 2.05) is 0 Å². The Balaban J connectivity index is 1.85. The third-order valence-electron chi connectivity index (χ3n) is 3.16. The normalized spacial score (nSPS) is 16.4. The Morgan fingerprint density at radius 3 is 2.21 bits per heavy atom. The molecule has 5 nitrogen and oxygen atoms in total. The summed E-state index contributed by atoms with van der Waals surface area (Å²) in [4.78, 5) is 25.3. The van der Waals surface area contributed by atoms with Crippen LogP contribution in [0.2, 0.25) is 0 Å². The summed E-state index contributed by atoms with van der Waals surface area (Å²) in [6.45, 7) is 2.74. The number of halogens is 1. The monoisotopic (exact) mass is 266 g/mol. The highest BCUT2D eigenvalue weighted by Crippen LogP contribution is 2.09. The molecule has 0 saturated carbocycles. The molecule has 1 aliphatic rings. The van der Waals surface area contributed by atoms with Gasteiger partial charge in [-0.1, -0.05) is 12.1 Å². The molecule has 1 aromatic rings. The van der Waals surface area contributed by atoms with Gasteiger partial charge in [0.2, 0.25) is 0 Å². The van der Waals surface area contributed by atoms with Gasteiger partial charge in [-0.15, -0.1) is 0 Å². The lowest BCUT2D eigenvalue weighted by atomic mass is 10.2. The molecule has 1 fully saturated rings. The fourth-order valence-corrected chi connectivity index (χ4v) is 2.09. The second kappa shape index (κ2) is 5.79. The first-order valence-electron chi connectivity index (χ1n) is 6.05. The van der Waals surface area contributed by atoms with E-state index < -0.39 is 11.9 Å². The van der Waals surface area contributed by atoms with Gasteiger partial charge in [0.25, 0.3) is 0 Å². The molecule has 0 aliphatic carbocycles. The van der Waals surface area contributed by atoms with E-state index in [0.29, 0.717) is 32.7 Å². The highest BCUT2D eigenvalue weighted by atomic mass is 19.1. The molecule has 0 radical (unpaired) electrons. The molecule has 6 heteroatoms. The molecule has 2 rings (SSSR count). The molecule has 1 N–H and O–H groups in total. The number of hydrogen-bond acceptors (Lipinski definition) is 3. The number of carboxylic acids is 1. The number of rotatable bonds is 2. The second-order valence-corrected chi connectivity index (χ2v) is 4.50. The predicted octanol–water partition coefficient (Wildman–Crippen LogP) is 0.554. The maximum absolute atomic E-state index is 12.8. The maximum atomic E-state index is 12.8. The fraction of sp³-hybridized carbons (Fsp3) is 0.385. The number of nitrogens with zero attached hydrogens (tertiary/aromatic N) is 2. The lowest BCUT2D eigenvalue weighted by Gasteiger charge is -2.33. The number of amides is 1. The van der Waals surface area contributed by atoms with Crippen LogP contribution in [0.15, 0.2) is 24.3 Å². The number of carboxylic acid groups (broad SMARTS) is 1. The number of piperazine rings is 1. The van der Waals surface area contributed by atoms with Crippen LogP contribution in [-0.2, 0) is 16.1 Å². The Morgan fingerprint density at radius 2 is 1.68 bits per heavy atom. The Morgan fingerprint density at radius 1 is 1.11 bits per heavy atom. The first-order valence-corrected chi connectivity index (χ1v) is 6.05. The number of hydrogen-bond donors (Lipinski definition) is 1. The van der Waals surface area contributed by atoms with Gasteiger partial charge in [-0.3, -0.25) is 9.69 Å². The van der Waals surface area contributed by atoms with Gasteiger partial charge >= 0.3 is 11.9 Å². The molecule has 1 saturated heterocycles.